The summed E-state index contributed by atoms with van der Waals surface area (Å²) in [6.45, 7) is 2.19. The van der Waals surface area contributed by atoms with E-state index < -0.39 is 0 Å². The van der Waals surface area contributed by atoms with Crippen LogP contribution < -0.4 is 5.32 Å². The van der Waals surface area contributed by atoms with Crippen LogP contribution in [0, 0.1) is 0 Å². The summed E-state index contributed by atoms with van der Waals surface area (Å²) in [5, 5.41) is 3.29. The minimum atomic E-state index is 0.401. The highest BCUT2D eigenvalue weighted by Gasteiger charge is 2.19. The van der Waals surface area contributed by atoms with Crippen LogP contribution in [-0.2, 0) is 6.42 Å². The molecule has 0 saturated carbocycles. The number of aryl methyl sites for hydroxylation is 1. The third-order valence-electron chi connectivity index (χ3n) is 3.37. The molecular formula is C13H18ClNS. The van der Waals surface area contributed by atoms with Crippen molar-refractivity contribution in [3.63, 3.8) is 0 Å². The topological polar surface area (TPSA) is 12.0 Å². The van der Waals surface area contributed by atoms with Crippen molar-refractivity contribution in [3.05, 3.63) is 29.3 Å². The summed E-state index contributed by atoms with van der Waals surface area (Å²) in [5.41, 5.74) is 2.86. The molecule has 0 amide bonds. The Labute approximate surface area is 107 Å². The molecule has 0 radical (unpaired) electrons. The van der Waals surface area contributed by atoms with Gasteiger partial charge in [0.2, 0.25) is 0 Å². The predicted octanol–water partition coefficient (Wildman–Crippen LogP) is 3.27. The van der Waals surface area contributed by atoms with Crippen molar-refractivity contribution < 1.29 is 0 Å². The Morgan fingerprint density at radius 2 is 2.31 bits per heavy atom. The van der Waals surface area contributed by atoms with Crippen LogP contribution in [0.3, 0.4) is 0 Å². The summed E-state index contributed by atoms with van der Waals surface area (Å²) < 4.78 is 0. The van der Waals surface area contributed by atoms with Crippen LogP contribution in [0.25, 0.3) is 0 Å². The second kappa shape index (κ2) is 5.44. The molecule has 0 aliphatic carbocycles. The summed E-state index contributed by atoms with van der Waals surface area (Å²) in [5.74, 6) is 2.30. The maximum Gasteiger partial charge on any atom is 0.0307 e. The monoisotopic (exact) mass is 255 g/mol. The van der Waals surface area contributed by atoms with E-state index >= 15 is 0 Å². The Bertz CT molecular complexity index is 367. The van der Waals surface area contributed by atoms with Gasteiger partial charge in [-0.1, -0.05) is 12.1 Å². The molecule has 0 fully saturated rings. The lowest BCUT2D eigenvalue weighted by Crippen LogP contribution is -2.29. The van der Waals surface area contributed by atoms with E-state index in [0.29, 0.717) is 17.8 Å². The Balaban J connectivity index is 2.25. The van der Waals surface area contributed by atoms with Gasteiger partial charge in [0, 0.05) is 28.5 Å². The molecule has 3 heteroatoms. The molecule has 1 heterocycles. The van der Waals surface area contributed by atoms with Gasteiger partial charge in [-0.2, -0.15) is 0 Å². The molecule has 88 valence electrons. The smallest absolute Gasteiger partial charge is 0.0307 e. The number of benzene rings is 1. The van der Waals surface area contributed by atoms with E-state index in [1.54, 1.807) is 0 Å². The molecule has 1 aromatic rings. The second-order valence-electron chi connectivity index (χ2n) is 4.30. The predicted molar refractivity (Wildman–Crippen MR) is 72.9 cm³/mol. The maximum absolute atomic E-state index is 6.08. The second-order valence-corrected chi connectivity index (χ2v) is 5.75. The van der Waals surface area contributed by atoms with E-state index in [4.69, 9.17) is 11.6 Å². The van der Waals surface area contributed by atoms with Gasteiger partial charge in [0.1, 0.15) is 0 Å². The fourth-order valence-electron chi connectivity index (χ4n) is 2.13. The van der Waals surface area contributed by atoms with Gasteiger partial charge in [-0.15, -0.1) is 23.4 Å². The molecule has 2 unspecified atom stereocenters. The number of hydrogen-bond acceptors (Lipinski definition) is 2. The summed E-state index contributed by atoms with van der Waals surface area (Å²) >= 11 is 8.05. The lowest BCUT2D eigenvalue weighted by Gasteiger charge is -2.22. The number of fused-ring (bicyclic) bond motifs is 1. The number of halogens is 1. The molecule has 1 aliphatic rings. The first-order valence-electron chi connectivity index (χ1n) is 5.75. The normalized spacial score (nSPS) is 18.2. The Morgan fingerprint density at radius 1 is 1.50 bits per heavy atom. The Kier molecular flexibility index (Phi) is 4.17. The van der Waals surface area contributed by atoms with Crippen molar-refractivity contribution in [1.82, 2.24) is 5.32 Å². The van der Waals surface area contributed by atoms with Crippen LogP contribution in [0.4, 0.5) is 0 Å². The Hall–Kier alpha value is -0.180. The van der Waals surface area contributed by atoms with Crippen molar-refractivity contribution in [1.29, 1.82) is 0 Å². The van der Waals surface area contributed by atoms with Crippen molar-refractivity contribution in [2.45, 2.75) is 30.2 Å². The Morgan fingerprint density at radius 3 is 3.00 bits per heavy atom. The molecule has 2 rings (SSSR count). The molecule has 0 bridgehead atoms. The van der Waals surface area contributed by atoms with Gasteiger partial charge in [0.15, 0.2) is 0 Å². The molecule has 0 spiro atoms. The molecule has 1 aliphatic heterocycles. The largest absolute Gasteiger partial charge is 0.317 e. The van der Waals surface area contributed by atoms with Crippen LogP contribution >= 0.6 is 23.4 Å². The number of alkyl halides is 1. The quantitative estimate of drug-likeness (QED) is 0.829. The van der Waals surface area contributed by atoms with Crippen molar-refractivity contribution in [2.24, 2.45) is 0 Å². The van der Waals surface area contributed by atoms with Crippen molar-refractivity contribution >= 4 is 23.4 Å². The van der Waals surface area contributed by atoms with E-state index in [0.717, 1.165) is 0 Å². The van der Waals surface area contributed by atoms with E-state index in [-0.39, 0.29) is 0 Å². The molecule has 1 aromatic carbocycles. The molecular weight excluding hydrogens is 238 g/mol. The number of rotatable bonds is 4. The van der Waals surface area contributed by atoms with E-state index in [9.17, 15) is 0 Å². The number of nitrogens with one attached hydrogen (secondary N) is 1. The zero-order valence-corrected chi connectivity index (χ0v) is 11.4. The first-order valence-corrected chi connectivity index (χ1v) is 7.27. The van der Waals surface area contributed by atoms with Gasteiger partial charge in [-0.25, -0.2) is 0 Å². The maximum atomic E-state index is 6.08. The van der Waals surface area contributed by atoms with Gasteiger partial charge >= 0.3 is 0 Å². The number of thioether (sulfide) groups is 1. The standard InChI is InChI=1S/C13H18ClNS/c1-9(15-2)12(8-14)11-4-3-10-5-6-16-13(10)7-11/h3-4,7,9,12,15H,5-6,8H2,1-2H3. The van der Waals surface area contributed by atoms with E-state index in [1.165, 1.54) is 28.2 Å². The highest BCUT2D eigenvalue weighted by molar-refractivity contribution is 7.99. The third kappa shape index (κ3) is 2.39. The lowest BCUT2D eigenvalue weighted by atomic mass is 9.93. The van der Waals surface area contributed by atoms with Gasteiger partial charge in [-0.05, 0) is 37.6 Å². The fraction of sp³-hybridized carbons (Fsp3) is 0.538. The molecule has 0 saturated heterocycles. The zero-order valence-electron chi connectivity index (χ0n) is 9.79. The summed E-state index contributed by atoms with van der Waals surface area (Å²) in [4.78, 5) is 1.45. The van der Waals surface area contributed by atoms with Gasteiger partial charge in [0.25, 0.3) is 0 Å². The van der Waals surface area contributed by atoms with E-state index in [2.05, 4.69) is 30.4 Å². The van der Waals surface area contributed by atoms with Crippen molar-refractivity contribution in [2.75, 3.05) is 18.7 Å². The molecule has 16 heavy (non-hydrogen) atoms. The van der Waals surface area contributed by atoms with Crippen LogP contribution in [0.2, 0.25) is 0 Å². The van der Waals surface area contributed by atoms with Crippen LogP contribution in [-0.4, -0.2) is 24.7 Å². The minimum absolute atomic E-state index is 0.401. The van der Waals surface area contributed by atoms with Gasteiger partial charge in [0.05, 0.1) is 0 Å². The molecule has 0 aromatic heterocycles. The van der Waals surface area contributed by atoms with Crippen LogP contribution in [0.1, 0.15) is 24.0 Å². The van der Waals surface area contributed by atoms with Gasteiger partial charge in [-0.3, -0.25) is 0 Å². The first-order chi connectivity index (χ1) is 7.76. The number of likely N-dealkylation sites (N-methyl/N-ethyl adjacent to an activating group) is 1. The minimum Gasteiger partial charge on any atom is -0.317 e. The summed E-state index contributed by atoms with van der Waals surface area (Å²) in [6.07, 6.45) is 1.22. The first kappa shape index (κ1) is 12.3. The average molecular weight is 256 g/mol. The molecule has 1 N–H and O–H groups in total. The summed E-state index contributed by atoms with van der Waals surface area (Å²) in [7, 11) is 1.99. The van der Waals surface area contributed by atoms with Gasteiger partial charge < -0.3 is 5.32 Å². The average Bonchev–Trinajstić information content (AvgIpc) is 2.77. The number of hydrogen-bond donors (Lipinski definition) is 1. The van der Waals surface area contributed by atoms with Crippen LogP contribution in [0.5, 0.6) is 0 Å². The third-order valence-corrected chi connectivity index (χ3v) is 4.81. The van der Waals surface area contributed by atoms with Crippen LogP contribution in [0.15, 0.2) is 23.1 Å². The highest BCUT2D eigenvalue weighted by atomic mass is 35.5. The summed E-state index contributed by atoms with van der Waals surface area (Å²) in [6, 6.07) is 7.26. The molecule has 2 atom stereocenters. The van der Waals surface area contributed by atoms with Crippen molar-refractivity contribution in [3.8, 4) is 0 Å². The zero-order chi connectivity index (χ0) is 11.5. The lowest BCUT2D eigenvalue weighted by molar-refractivity contribution is 0.527. The highest BCUT2D eigenvalue weighted by Crippen LogP contribution is 2.34. The van der Waals surface area contributed by atoms with E-state index in [1.807, 2.05) is 18.8 Å². The molecule has 1 nitrogen and oxygen atoms in total. The fourth-order valence-corrected chi connectivity index (χ4v) is 3.69. The SMILES string of the molecule is CNC(C)C(CCl)c1ccc2c(c1)SCC2.